The smallest absolute Gasteiger partial charge is 0.251 e. The molecule has 4 N–H and O–H groups in total. The first-order chi connectivity index (χ1) is 12.9. The van der Waals surface area contributed by atoms with Gasteiger partial charge in [0.1, 0.15) is 0 Å². The largest absolute Gasteiger partial charge is 0.368 e. The van der Waals surface area contributed by atoms with E-state index in [0.717, 1.165) is 24.8 Å². The molecule has 1 saturated carbocycles. The van der Waals surface area contributed by atoms with Crippen molar-refractivity contribution in [2.24, 2.45) is 5.73 Å². The Morgan fingerprint density at radius 1 is 1.07 bits per heavy atom. The number of nitrogens with two attached hydrogens (primary N) is 1. The molecule has 0 atom stereocenters. The molecule has 140 valence electrons. The Kier molecular flexibility index (Phi) is 5.46. The summed E-state index contributed by atoms with van der Waals surface area (Å²) in [7, 11) is 0. The highest BCUT2D eigenvalue weighted by Crippen LogP contribution is 2.45. The van der Waals surface area contributed by atoms with Crippen LogP contribution in [0.5, 0.6) is 0 Å². The zero-order valence-electron chi connectivity index (χ0n) is 14.6. The van der Waals surface area contributed by atoms with Crippen LogP contribution < -0.4 is 16.4 Å². The van der Waals surface area contributed by atoms with Gasteiger partial charge < -0.3 is 16.4 Å². The SMILES string of the molecule is NC(=O)CNC(=O)c1cccc(NC(=O)C2(c3cccc(Cl)c3)CCC2)c1. The van der Waals surface area contributed by atoms with Crippen molar-refractivity contribution in [3.63, 3.8) is 0 Å². The van der Waals surface area contributed by atoms with Crippen LogP contribution in [0.4, 0.5) is 5.69 Å². The molecule has 7 heteroatoms. The second kappa shape index (κ2) is 7.80. The maximum atomic E-state index is 13.0. The molecule has 0 aromatic heterocycles. The van der Waals surface area contributed by atoms with E-state index in [4.69, 9.17) is 17.3 Å². The van der Waals surface area contributed by atoms with Crippen LogP contribution in [0.3, 0.4) is 0 Å². The molecule has 3 rings (SSSR count). The minimum Gasteiger partial charge on any atom is -0.368 e. The van der Waals surface area contributed by atoms with Crippen molar-refractivity contribution in [1.82, 2.24) is 5.32 Å². The molecule has 1 aliphatic carbocycles. The highest BCUT2D eigenvalue weighted by atomic mass is 35.5. The number of carbonyl (C=O) groups is 3. The zero-order valence-corrected chi connectivity index (χ0v) is 15.4. The number of halogens is 1. The summed E-state index contributed by atoms with van der Waals surface area (Å²) in [4.78, 5) is 35.9. The van der Waals surface area contributed by atoms with Gasteiger partial charge in [0.15, 0.2) is 0 Å². The fraction of sp³-hybridized carbons (Fsp3) is 0.250. The Balaban J connectivity index is 1.76. The molecule has 2 aromatic rings. The van der Waals surface area contributed by atoms with E-state index in [0.29, 0.717) is 16.3 Å². The van der Waals surface area contributed by atoms with Gasteiger partial charge >= 0.3 is 0 Å². The van der Waals surface area contributed by atoms with Crippen LogP contribution in [0, 0.1) is 0 Å². The van der Waals surface area contributed by atoms with E-state index in [1.165, 1.54) is 0 Å². The quantitative estimate of drug-likeness (QED) is 0.712. The average Bonchev–Trinajstić information content (AvgIpc) is 2.59. The van der Waals surface area contributed by atoms with E-state index in [1.807, 2.05) is 18.2 Å². The maximum absolute atomic E-state index is 13.0. The van der Waals surface area contributed by atoms with Gasteiger partial charge in [-0.2, -0.15) is 0 Å². The lowest BCUT2D eigenvalue weighted by molar-refractivity contribution is -0.124. The van der Waals surface area contributed by atoms with Crippen molar-refractivity contribution in [3.05, 3.63) is 64.7 Å². The fourth-order valence-electron chi connectivity index (χ4n) is 3.22. The van der Waals surface area contributed by atoms with Gasteiger partial charge in [-0.25, -0.2) is 0 Å². The van der Waals surface area contributed by atoms with Gasteiger partial charge in [0.05, 0.1) is 12.0 Å². The summed E-state index contributed by atoms with van der Waals surface area (Å²) in [5, 5.41) is 5.93. The van der Waals surface area contributed by atoms with Crippen molar-refractivity contribution in [2.45, 2.75) is 24.7 Å². The second-order valence-electron chi connectivity index (χ2n) is 6.63. The molecule has 0 bridgehead atoms. The number of hydrogen-bond donors (Lipinski definition) is 3. The summed E-state index contributed by atoms with van der Waals surface area (Å²) in [6.07, 6.45) is 2.46. The molecule has 0 heterocycles. The highest BCUT2D eigenvalue weighted by Gasteiger charge is 2.45. The predicted molar refractivity (Wildman–Crippen MR) is 104 cm³/mol. The van der Waals surface area contributed by atoms with Crippen LogP contribution in [0.2, 0.25) is 5.02 Å². The Bertz CT molecular complexity index is 894. The van der Waals surface area contributed by atoms with Gasteiger partial charge in [-0.1, -0.05) is 36.2 Å². The van der Waals surface area contributed by atoms with Crippen LogP contribution in [0.25, 0.3) is 0 Å². The number of anilines is 1. The van der Waals surface area contributed by atoms with E-state index in [2.05, 4.69) is 10.6 Å². The lowest BCUT2D eigenvalue weighted by atomic mass is 9.64. The van der Waals surface area contributed by atoms with Crippen LogP contribution in [-0.2, 0) is 15.0 Å². The Morgan fingerprint density at radius 2 is 1.81 bits per heavy atom. The molecule has 6 nitrogen and oxygen atoms in total. The van der Waals surface area contributed by atoms with Crippen LogP contribution in [0.15, 0.2) is 48.5 Å². The minimum atomic E-state index is -0.624. The Labute approximate surface area is 162 Å². The topological polar surface area (TPSA) is 101 Å². The molecule has 2 aromatic carbocycles. The first kappa shape index (κ1) is 18.9. The van der Waals surface area contributed by atoms with Gasteiger partial charge in [0.2, 0.25) is 11.8 Å². The summed E-state index contributed by atoms with van der Waals surface area (Å²) in [6, 6.07) is 13.9. The average molecular weight is 386 g/mol. The van der Waals surface area contributed by atoms with E-state index in [9.17, 15) is 14.4 Å². The van der Waals surface area contributed by atoms with Gasteiger partial charge in [-0.3, -0.25) is 14.4 Å². The second-order valence-corrected chi connectivity index (χ2v) is 7.07. The zero-order chi connectivity index (χ0) is 19.4. The van der Waals surface area contributed by atoms with E-state index < -0.39 is 17.2 Å². The molecule has 0 aliphatic heterocycles. The summed E-state index contributed by atoms with van der Waals surface area (Å²) in [6.45, 7) is -0.243. The van der Waals surface area contributed by atoms with Crippen molar-refractivity contribution >= 4 is 35.0 Å². The lowest BCUT2D eigenvalue weighted by Crippen LogP contribution is -2.46. The number of primary amides is 1. The number of amides is 3. The van der Waals surface area contributed by atoms with E-state index in [-0.39, 0.29) is 12.5 Å². The third-order valence-corrected chi connectivity index (χ3v) is 5.06. The fourth-order valence-corrected chi connectivity index (χ4v) is 3.41. The summed E-state index contributed by atoms with van der Waals surface area (Å²) in [5.41, 5.74) is 6.17. The standard InChI is InChI=1S/C20H20ClN3O3/c21-15-6-2-5-14(11-15)20(8-3-9-20)19(27)24-16-7-1-4-13(10-16)18(26)23-12-17(22)25/h1-2,4-7,10-11H,3,8-9,12H2,(H2,22,25)(H,23,26)(H,24,27). The van der Waals surface area contributed by atoms with Gasteiger partial charge in [0.25, 0.3) is 5.91 Å². The third kappa shape index (κ3) is 4.11. The Hall–Kier alpha value is -2.86. The lowest BCUT2D eigenvalue weighted by Gasteiger charge is -2.40. The molecule has 1 fully saturated rings. The molecule has 0 saturated heterocycles. The van der Waals surface area contributed by atoms with Crippen LogP contribution in [0.1, 0.15) is 35.2 Å². The number of hydrogen-bond acceptors (Lipinski definition) is 3. The first-order valence-electron chi connectivity index (χ1n) is 8.65. The van der Waals surface area contributed by atoms with Crippen molar-refractivity contribution in [3.8, 4) is 0 Å². The van der Waals surface area contributed by atoms with Crippen molar-refractivity contribution in [2.75, 3.05) is 11.9 Å². The molecular weight excluding hydrogens is 366 g/mol. The third-order valence-electron chi connectivity index (χ3n) is 4.82. The van der Waals surface area contributed by atoms with Gasteiger partial charge in [0, 0.05) is 16.3 Å². The number of rotatable bonds is 6. The van der Waals surface area contributed by atoms with E-state index >= 15 is 0 Å². The predicted octanol–water partition coefficient (Wildman–Crippen LogP) is 2.62. The minimum absolute atomic E-state index is 0.120. The Morgan fingerprint density at radius 3 is 2.44 bits per heavy atom. The van der Waals surface area contributed by atoms with Gasteiger partial charge in [-0.15, -0.1) is 0 Å². The number of benzene rings is 2. The molecular formula is C20H20ClN3O3. The van der Waals surface area contributed by atoms with Crippen molar-refractivity contribution < 1.29 is 14.4 Å². The molecule has 27 heavy (non-hydrogen) atoms. The monoisotopic (exact) mass is 385 g/mol. The first-order valence-corrected chi connectivity index (χ1v) is 9.02. The molecule has 1 aliphatic rings. The number of nitrogens with one attached hydrogen (secondary N) is 2. The molecule has 3 amide bonds. The molecule has 0 radical (unpaired) electrons. The summed E-state index contributed by atoms with van der Waals surface area (Å²) < 4.78 is 0. The van der Waals surface area contributed by atoms with E-state index in [1.54, 1.807) is 30.3 Å². The van der Waals surface area contributed by atoms with Crippen LogP contribution in [-0.4, -0.2) is 24.3 Å². The normalized spacial score (nSPS) is 14.7. The molecule has 0 spiro atoms. The van der Waals surface area contributed by atoms with Crippen LogP contribution >= 0.6 is 11.6 Å². The maximum Gasteiger partial charge on any atom is 0.251 e. The molecule has 0 unspecified atom stereocenters. The summed E-state index contributed by atoms with van der Waals surface area (Å²) in [5.74, 6) is -1.18. The van der Waals surface area contributed by atoms with Gasteiger partial charge in [-0.05, 0) is 48.7 Å². The number of carbonyl (C=O) groups excluding carboxylic acids is 3. The van der Waals surface area contributed by atoms with Crippen molar-refractivity contribution in [1.29, 1.82) is 0 Å². The summed E-state index contributed by atoms with van der Waals surface area (Å²) >= 11 is 6.10. The highest BCUT2D eigenvalue weighted by molar-refractivity contribution is 6.30.